The number of ether oxygens (including phenoxy) is 2. The monoisotopic (exact) mass is 376 g/mol. The molecule has 2 rings (SSSR count). The Morgan fingerprint density at radius 3 is 2.69 bits per heavy atom. The highest BCUT2D eigenvalue weighted by Crippen LogP contribution is 2.20. The Balaban J connectivity index is 1.84. The summed E-state index contributed by atoms with van der Waals surface area (Å²) in [5.41, 5.74) is 1.01. The fourth-order valence-corrected chi connectivity index (χ4v) is 3.24. The zero-order chi connectivity index (χ0) is 18.9. The molecule has 7 heteroatoms. The van der Waals surface area contributed by atoms with E-state index in [9.17, 15) is 0 Å². The number of rotatable bonds is 8. The second-order valence-corrected chi connectivity index (χ2v) is 6.97. The van der Waals surface area contributed by atoms with Gasteiger partial charge in [0.15, 0.2) is 5.96 Å². The summed E-state index contributed by atoms with van der Waals surface area (Å²) in [5, 5.41) is 6.41. The molecule has 0 bridgehead atoms. The lowest BCUT2D eigenvalue weighted by atomic mass is 10.3. The number of aromatic nitrogens is 1. The topological polar surface area (TPSA) is 59.0 Å². The minimum atomic E-state index is 0.0208. The van der Waals surface area contributed by atoms with Gasteiger partial charge in [-0.05, 0) is 26.0 Å². The number of aliphatic imine (C=N–C) groups is 1. The number of methoxy groups -OCH3 is 1. The lowest BCUT2D eigenvalue weighted by Gasteiger charge is -2.23. The van der Waals surface area contributed by atoms with Crippen LogP contribution in [0.3, 0.4) is 0 Å². The summed E-state index contributed by atoms with van der Waals surface area (Å²) in [6.45, 7) is 5.38. The quantitative estimate of drug-likeness (QED) is 0.566. The molecule has 0 saturated carbocycles. The molecule has 0 radical (unpaired) electrons. The predicted octanol–water partition coefficient (Wildman–Crippen LogP) is 3.33. The fourth-order valence-electron chi connectivity index (χ4n) is 2.39. The molecule has 1 aromatic carbocycles. The van der Waals surface area contributed by atoms with Gasteiger partial charge < -0.3 is 19.7 Å². The highest BCUT2D eigenvalue weighted by molar-refractivity contribution is 7.09. The van der Waals surface area contributed by atoms with Crippen LogP contribution in [0.5, 0.6) is 5.75 Å². The first-order valence-electron chi connectivity index (χ1n) is 8.64. The number of hydrogen-bond donors (Lipinski definition) is 1. The van der Waals surface area contributed by atoms with Gasteiger partial charge >= 0.3 is 0 Å². The Hall–Kier alpha value is -2.12. The molecule has 2 atom stereocenters. The molecule has 142 valence electrons. The van der Waals surface area contributed by atoms with E-state index < -0.39 is 0 Å². The number of nitrogens with one attached hydrogen (secondary N) is 1. The molecule has 0 amide bonds. The van der Waals surface area contributed by atoms with Crippen LogP contribution >= 0.6 is 11.3 Å². The summed E-state index contributed by atoms with van der Waals surface area (Å²) < 4.78 is 11.2. The van der Waals surface area contributed by atoms with E-state index in [1.54, 1.807) is 25.5 Å². The van der Waals surface area contributed by atoms with Gasteiger partial charge in [0, 0.05) is 26.6 Å². The number of benzene rings is 1. The van der Waals surface area contributed by atoms with E-state index in [1.165, 1.54) is 0 Å². The smallest absolute Gasteiger partial charge is 0.193 e. The molecule has 0 saturated heterocycles. The van der Waals surface area contributed by atoms with E-state index in [0.717, 1.165) is 22.4 Å². The van der Waals surface area contributed by atoms with Crippen molar-refractivity contribution in [2.75, 3.05) is 27.7 Å². The van der Waals surface area contributed by atoms with Crippen molar-refractivity contribution >= 4 is 17.3 Å². The molecule has 6 nitrogen and oxygen atoms in total. The first-order chi connectivity index (χ1) is 12.5. The zero-order valence-electron chi connectivity index (χ0n) is 16.1. The van der Waals surface area contributed by atoms with Gasteiger partial charge in [-0.3, -0.25) is 4.99 Å². The molecule has 1 aromatic heterocycles. The van der Waals surface area contributed by atoms with Crippen LogP contribution in [0.15, 0.2) is 40.7 Å². The Bertz CT molecular complexity index is 690. The van der Waals surface area contributed by atoms with Gasteiger partial charge in [0.25, 0.3) is 0 Å². The average Bonchev–Trinajstić information content (AvgIpc) is 3.10. The second kappa shape index (κ2) is 10.1. The predicted molar refractivity (Wildman–Crippen MR) is 107 cm³/mol. The molecular weight excluding hydrogens is 348 g/mol. The van der Waals surface area contributed by atoms with Crippen molar-refractivity contribution < 1.29 is 9.47 Å². The highest BCUT2D eigenvalue weighted by Gasteiger charge is 2.13. The van der Waals surface area contributed by atoms with Crippen LogP contribution in [0, 0.1) is 0 Å². The number of nitrogens with zero attached hydrogens (tertiary/aromatic N) is 3. The summed E-state index contributed by atoms with van der Waals surface area (Å²) in [5.74, 6) is 1.68. The molecule has 0 aliphatic heterocycles. The normalized spacial score (nSPS) is 14.0. The van der Waals surface area contributed by atoms with Crippen molar-refractivity contribution in [1.82, 2.24) is 15.2 Å². The van der Waals surface area contributed by atoms with Crippen molar-refractivity contribution in [2.24, 2.45) is 4.99 Å². The van der Waals surface area contributed by atoms with Crippen LogP contribution in [-0.4, -0.2) is 49.7 Å². The van der Waals surface area contributed by atoms with Crippen molar-refractivity contribution in [3.05, 3.63) is 46.4 Å². The van der Waals surface area contributed by atoms with Gasteiger partial charge in [0.05, 0.1) is 18.8 Å². The van der Waals surface area contributed by atoms with Crippen molar-refractivity contribution in [1.29, 1.82) is 0 Å². The molecule has 0 aliphatic rings. The van der Waals surface area contributed by atoms with Crippen molar-refractivity contribution in [2.45, 2.75) is 32.6 Å². The lowest BCUT2D eigenvalue weighted by Crippen LogP contribution is -2.42. The summed E-state index contributed by atoms with van der Waals surface area (Å²) >= 11 is 1.62. The number of hydrogen-bond acceptors (Lipinski definition) is 5. The van der Waals surface area contributed by atoms with Crippen LogP contribution in [0.4, 0.5) is 0 Å². The molecule has 2 unspecified atom stereocenters. The standard InChI is InChI=1S/C19H28N4O2S/c1-14(25-17-9-7-6-8-10-17)11-21-19(20-3)23(4)12-16-13-26-18(22-16)15(2)24-5/h6-10,13-15H,11-12H2,1-5H3,(H,20,21). The maximum absolute atomic E-state index is 5.89. The third-order valence-electron chi connectivity index (χ3n) is 3.87. The van der Waals surface area contributed by atoms with Gasteiger partial charge in [-0.25, -0.2) is 4.98 Å². The van der Waals surface area contributed by atoms with Crippen molar-refractivity contribution in [3.8, 4) is 5.75 Å². The first kappa shape index (κ1) is 20.2. The largest absolute Gasteiger partial charge is 0.489 e. The van der Waals surface area contributed by atoms with Gasteiger partial charge in [-0.15, -0.1) is 11.3 Å². The van der Waals surface area contributed by atoms with Crippen molar-refractivity contribution in [3.63, 3.8) is 0 Å². The maximum Gasteiger partial charge on any atom is 0.193 e. The fraction of sp³-hybridized carbons (Fsp3) is 0.474. The van der Waals surface area contributed by atoms with E-state index in [2.05, 4.69) is 20.7 Å². The van der Waals surface area contributed by atoms with Gasteiger partial charge in [0.1, 0.15) is 23.0 Å². The zero-order valence-corrected chi connectivity index (χ0v) is 16.9. The molecule has 26 heavy (non-hydrogen) atoms. The average molecular weight is 377 g/mol. The minimum absolute atomic E-state index is 0.0208. The third-order valence-corrected chi connectivity index (χ3v) is 4.93. The molecule has 1 N–H and O–H groups in total. The Kier molecular flexibility index (Phi) is 7.87. The van der Waals surface area contributed by atoms with E-state index >= 15 is 0 Å². The molecule has 0 fully saturated rings. The second-order valence-electron chi connectivity index (χ2n) is 6.08. The van der Waals surface area contributed by atoms with Gasteiger partial charge in [-0.1, -0.05) is 18.2 Å². The van der Waals surface area contributed by atoms with Crippen LogP contribution < -0.4 is 10.1 Å². The van der Waals surface area contributed by atoms with Gasteiger partial charge in [-0.2, -0.15) is 0 Å². The Morgan fingerprint density at radius 2 is 2.04 bits per heavy atom. The van der Waals surface area contributed by atoms with Crippen LogP contribution in [0.25, 0.3) is 0 Å². The molecule has 2 aromatic rings. The summed E-state index contributed by atoms with van der Waals surface area (Å²) in [6, 6.07) is 9.82. The number of thiazole rings is 1. The number of guanidine groups is 1. The molecule has 0 spiro atoms. The van der Waals surface area contributed by atoms with E-state index in [1.807, 2.05) is 56.1 Å². The maximum atomic E-state index is 5.89. The minimum Gasteiger partial charge on any atom is -0.489 e. The lowest BCUT2D eigenvalue weighted by molar-refractivity contribution is 0.119. The van der Waals surface area contributed by atoms with Crippen LogP contribution in [0.1, 0.15) is 30.7 Å². The molecule has 0 aliphatic carbocycles. The SMILES string of the molecule is CN=C(NCC(C)Oc1ccccc1)N(C)Cc1csc(C(C)OC)n1. The highest BCUT2D eigenvalue weighted by atomic mass is 32.1. The third kappa shape index (κ3) is 6.00. The van der Waals surface area contributed by atoms with E-state index in [4.69, 9.17) is 9.47 Å². The summed E-state index contributed by atoms with van der Waals surface area (Å²) in [4.78, 5) is 11.0. The first-order valence-corrected chi connectivity index (χ1v) is 9.52. The van der Waals surface area contributed by atoms with Gasteiger partial charge in [0.2, 0.25) is 0 Å². The molecular formula is C19H28N4O2S. The van der Waals surface area contributed by atoms with Crippen LogP contribution in [-0.2, 0) is 11.3 Å². The van der Waals surface area contributed by atoms with Crippen LogP contribution in [0.2, 0.25) is 0 Å². The Labute approximate surface area is 159 Å². The Morgan fingerprint density at radius 1 is 1.31 bits per heavy atom. The summed E-state index contributed by atoms with van der Waals surface area (Å²) in [7, 11) is 5.47. The molecule has 1 heterocycles. The number of para-hydroxylation sites is 1. The van der Waals surface area contributed by atoms with E-state index in [-0.39, 0.29) is 12.2 Å². The summed E-state index contributed by atoms with van der Waals surface area (Å²) in [6.07, 6.45) is 0.0449. The van der Waals surface area contributed by atoms with E-state index in [0.29, 0.717) is 13.1 Å².